The quantitative estimate of drug-likeness (QED) is 0.0352. The minimum Gasteiger partial charge on any atom is -0.385 e. The summed E-state index contributed by atoms with van der Waals surface area (Å²) in [4.78, 5) is 0. The second kappa shape index (κ2) is 40.8. The Morgan fingerprint density at radius 1 is 0.312 bits per heavy atom. The van der Waals surface area contributed by atoms with Crippen molar-refractivity contribution in [2.24, 2.45) is 0 Å². The van der Waals surface area contributed by atoms with Crippen LogP contribution in [0, 0.1) is 0 Å². The molecular formula is C42H90O2S2Si2. The Bertz CT molecular complexity index is 546. The van der Waals surface area contributed by atoms with Gasteiger partial charge in [0.25, 0.3) is 0 Å². The molecule has 0 bridgehead atoms. The molecule has 0 radical (unpaired) electrons. The lowest BCUT2D eigenvalue weighted by Crippen LogP contribution is -2.26. The Balaban J connectivity index is 3.12. The largest absolute Gasteiger partial charge is 0.385 e. The van der Waals surface area contributed by atoms with Crippen molar-refractivity contribution in [3.05, 3.63) is 0 Å². The minimum atomic E-state index is -0.623. The van der Waals surface area contributed by atoms with E-state index >= 15 is 0 Å². The van der Waals surface area contributed by atoms with E-state index in [1.165, 1.54) is 217 Å². The maximum atomic E-state index is 5.65. The normalized spacial score (nSPS) is 13.2. The van der Waals surface area contributed by atoms with Crippen molar-refractivity contribution in [1.29, 1.82) is 0 Å². The summed E-state index contributed by atoms with van der Waals surface area (Å²) in [7, 11) is 6.85. The van der Waals surface area contributed by atoms with Crippen molar-refractivity contribution in [1.82, 2.24) is 0 Å². The smallest absolute Gasteiger partial charge is 0.0655 e. The number of unbranched alkanes of at least 4 members (excludes halogenated alkanes) is 28. The molecule has 0 amide bonds. The zero-order valence-corrected chi connectivity index (χ0v) is 37.9. The van der Waals surface area contributed by atoms with Crippen LogP contribution in [0.1, 0.15) is 205 Å². The van der Waals surface area contributed by atoms with Crippen molar-refractivity contribution in [3.63, 3.8) is 0 Å². The molecule has 0 N–H and O–H groups in total. The lowest BCUT2D eigenvalue weighted by atomic mass is 10.0. The SMILES string of the molecule is COC(CCCCCCCCCCCCCCCCCSSCCCCCCCCCCCCCCCCCC(OC)[SiH](C)C)[SiH](C)C. The van der Waals surface area contributed by atoms with Crippen molar-refractivity contribution in [3.8, 4) is 0 Å². The molecule has 0 saturated heterocycles. The van der Waals surface area contributed by atoms with E-state index in [9.17, 15) is 0 Å². The monoisotopic (exact) mass is 747 g/mol. The zero-order chi connectivity index (χ0) is 35.2. The predicted octanol–water partition coefficient (Wildman–Crippen LogP) is 14.9. The van der Waals surface area contributed by atoms with Gasteiger partial charge in [0.05, 0.1) is 17.6 Å². The molecule has 0 aliphatic carbocycles. The first-order valence-electron chi connectivity index (χ1n) is 21.8. The third-order valence-electron chi connectivity index (χ3n) is 10.6. The highest BCUT2D eigenvalue weighted by atomic mass is 33.1. The third-order valence-corrected chi connectivity index (χ3v) is 17.4. The molecule has 2 nitrogen and oxygen atoms in total. The van der Waals surface area contributed by atoms with E-state index in [1.807, 2.05) is 14.2 Å². The predicted molar refractivity (Wildman–Crippen MR) is 232 cm³/mol. The van der Waals surface area contributed by atoms with Gasteiger partial charge in [0.2, 0.25) is 0 Å². The molecule has 0 saturated carbocycles. The molecule has 0 rings (SSSR count). The fourth-order valence-electron chi connectivity index (χ4n) is 7.17. The summed E-state index contributed by atoms with van der Waals surface area (Å²) in [6.07, 6.45) is 46.2. The molecule has 0 spiro atoms. The van der Waals surface area contributed by atoms with Gasteiger partial charge in [0.15, 0.2) is 0 Å². The average Bonchev–Trinajstić information content (AvgIpc) is 3.07. The van der Waals surface area contributed by atoms with Crippen molar-refractivity contribution in [2.45, 2.75) is 243 Å². The fraction of sp³-hybridized carbons (Fsp3) is 1.00. The topological polar surface area (TPSA) is 18.5 Å². The van der Waals surface area contributed by atoms with Crippen LogP contribution in [-0.2, 0) is 9.47 Å². The highest BCUT2D eigenvalue weighted by Gasteiger charge is 2.13. The molecular weight excluding hydrogens is 657 g/mol. The number of rotatable bonds is 41. The van der Waals surface area contributed by atoms with Gasteiger partial charge in [-0.1, -0.05) is 228 Å². The van der Waals surface area contributed by atoms with E-state index < -0.39 is 17.6 Å². The zero-order valence-electron chi connectivity index (χ0n) is 34.0. The maximum Gasteiger partial charge on any atom is 0.0655 e. The summed E-state index contributed by atoms with van der Waals surface area (Å²) in [6.45, 7) is 9.66. The van der Waals surface area contributed by atoms with E-state index in [-0.39, 0.29) is 0 Å². The van der Waals surface area contributed by atoms with Crippen LogP contribution in [0.4, 0.5) is 0 Å². The standard InChI is InChI=1S/C42H90O2S2Si2/c1-43-41(47(3)4)37-33-29-25-21-17-13-9-7-11-15-19-23-27-31-35-39-45-46-40-36-32-28-24-20-16-12-8-10-14-18-22-26-30-34-38-42(44-2)48(5)6/h41-42,47-48H,7-40H2,1-6H3. The van der Waals surface area contributed by atoms with Gasteiger partial charge in [-0.3, -0.25) is 0 Å². The van der Waals surface area contributed by atoms with Crippen LogP contribution >= 0.6 is 21.6 Å². The molecule has 48 heavy (non-hydrogen) atoms. The van der Waals surface area contributed by atoms with Gasteiger partial charge in [0, 0.05) is 37.2 Å². The van der Waals surface area contributed by atoms with Crippen molar-refractivity contribution in [2.75, 3.05) is 25.7 Å². The molecule has 0 aromatic rings. The van der Waals surface area contributed by atoms with Crippen molar-refractivity contribution >= 4 is 39.2 Å². The molecule has 0 fully saturated rings. The lowest BCUT2D eigenvalue weighted by molar-refractivity contribution is 0.151. The van der Waals surface area contributed by atoms with Crippen LogP contribution in [-0.4, -0.2) is 54.8 Å². The number of hydrogen-bond acceptors (Lipinski definition) is 4. The van der Waals surface area contributed by atoms with E-state index in [2.05, 4.69) is 47.8 Å². The van der Waals surface area contributed by atoms with Gasteiger partial charge < -0.3 is 9.47 Å². The highest BCUT2D eigenvalue weighted by molar-refractivity contribution is 8.76. The number of hydrogen-bond donors (Lipinski definition) is 0. The Hall–Kier alpha value is 1.05. The van der Waals surface area contributed by atoms with E-state index in [0.717, 1.165) is 0 Å². The number of ether oxygens (including phenoxy) is 2. The van der Waals surface area contributed by atoms with Gasteiger partial charge in [-0.15, -0.1) is 0 Å². The Morgan fingerprint density at radius 3 is 0.688 bits per heavy atom. The van der Waals surface area contributed by atoms with Gasteiger partial charge in [-0.25, -0.2) is 0 Å². The molecule has 0 aliphatic rings. The molecule has 2 atom stereocenters. The highest BCUT2D eigenvalue weighted by Crippen LogP contribution is 2.25. The molecule has 0 heterocycles. The summed E-state index contributed by atoms with van der Waals surface area (Å²) in [5.41, 5.74) is 1.20. The summed E-state index contributed by atoms with van der Waals surface area (Å²) >= 11 is 0. The summed E-state index contributed by atoms with van der Waals surface area (Å²) in [6, 6.07) is 0. The number of methoxy groups -OCH3 is 2. The van der Waals surface area contributed by atoms with Crippen LogP contribution in [0.15, 0.2) is 0 Å². The molecule has 2 unspecified atom stereocenters. The summed E-state index contributed by atoms with van der Waals surface area (Å²) in [5, 5.41) is 0. The maximum absolute atomic E-state index is 5.65. The van der Waals surface area contributed by atoms with E-state index in [4.69, 9.17) is 9.47 Å². The minimum absolute atomic E-state index is 0.601. The molecule has 0 aliphatic heterocycles. The summed E-state index contributed by atoms with van der Waals surface area (Å²) < 4.78 is 11.3. The molecule has 0 aromatic heterocycles. The average molecular weight is 747 g/mol. The van der Waals surface area contributed by atoms with Crippen LogP contribution in [0.25, 0.3) is 0 Å². The Morgan fingerprint density at radius 2 is 0.500 bits per heavy atom. The molecule has 0 aromatic carbocycles. The van der Waals surface area contributed by atoms with Gasteiger partial charge in [-0.2, -0.15) is 0 Å². The van der Waals surface area contributed by atoms with Crippen molar-refractivity contribution < 1.29 is 9.47 Å². The van der Waals surface area contributed by atoms with Crippen LogP contribution < -0.4 is 0 Å². The lowest BCUT2D eigenvalue weighted by Gasteiger charge is -2.17. The summed E-state index contributed by atoms with van der Waals surface area (Å²) in [5.74, 6) is 2.74. The van der Waals surface area contributed by atoms with Crippen LogP contribution in [0.2, 0.25) is 26.2 Å². The third kappa shape index (κ3) is 36.8. The van der Waals surface area contributed by atoms with Gasteiger partial charge in [-0.05, 0) is 25.7 Å². The molecule has 290 valence electrons. The first-order valence-corrected chi connectivity index (χ1v) is 30.3. The molecule has 6 heteroatoms. The second-order valence-corrected chi connectivity index (χ2v) is 25.0. The van der Waals surface area contributed by atoms with Gasteiger partial charge in [0.1, 0.15) is 0 Å². The van der Waals surface area contributed by atoms with E-state index in [0.29, 0.717) is 11.5 Å². The fourth-order valence-corrected chi connectivity index (χ4v) is 12.4. The Labute approximate surface area is 316 Å². The first-order chi connectivity index (χ1) is 23.5. The second-order valence-electron chi connectivity index (χ2n) is 15.9. The first kappa shape index (κ1) is 49.1. The van der Waals surface area contributed by atoms with Crippen LogP contribution in [0.3, 0.4) is 0 Å². The van der Waals surface area contributed by atoms with Gasteiger partial charge >= 0.3 is 0 Å². The van der Waals surface area contributed by atoms with E-state index in [1.54, 1.807) is 0 Å². The Kier molecular flexibility index (Phi) is 41.7. The van der Waals surface area contributed by atoms with Crippen LogP contribution in [0.5, 0.6) is 0 Å².